The van der Waals surface area contributed by atoms with E-state index in [1.165, 1.54) is 0 Å². The van der Waals surface area contributed by atoms with Crippen molar-refractivity contribution in [2.75, 3.05) is 0 Å². The quantitative estimate of drug-likeness (QED) is 0.581. The Bertz CT molecular complexity index is 660. The van der Waals surface area contributed by atoms with Gasteiger partial charge in [0.25, 0.3) is 0 Å². The third-order valence-electron chi connectivity index (χ3n) is 2.89. The molecule has 2 rings (SSSR count). The summed E-state index contributed by atoms with van der Waals surface area (Å²) in [5, 5.41) is 1.65. The first-order chi connectivity index (χ1) is 9.86. The molecule has 0 saturated carbocycles. The van der Waals surface area contributed by atoms with Crippen molar-refractivity contribution in [2.45, 2.75) is 26.7 Å². The summed E-state index contributed by atoms with van der Waals surface area (Å²) in [4.78, 5) is 8.91. The van der Waals surface area contributed by atoms with Gasteiger partial charge in [-0.1, -0.05) is 54.7 Å². The smallest absolute Gasteiger partial charge is 0.147 e. The van der Waals surface area contributed by atoms with Gasteiger partial charge in [-0.15, -0.1) is 0 Å². The molecule has 1 heterocycles. The fourth-order valence-electron chi connectivity index (χ4n) is 1.95. The van der Waals surface area contributed by atoms with E-state index in [4.69, 9.17) is 34.8 Å². The van der Waals surface area contributed by atoms with Crippen molar-refractivity contribution >= 4 is 50.7 Å². The molecule has 1 aromatic heterocycles. The number of aromatic nitrogens is 2. The van der Waals surface area contributed by atoms with E-state index in [0.717, 1.165) is 22.2 Å². The van der Waals surface area contributed by atoms with Crippen LogP contribution >= 0.6 is 50.7 Å². The minimum absolute atomic E-state index is 0.431. The van der Waals surface area contributed by atoms with Gasteiger partial charge < -0.3 is 0 Å². The van der Waals surface area contributed by atoms with Crippen molar-refractivity contribution in [3.63, 3.8) is 0 Å². The van der Waals surface area contributed by atoms with Crippen LogP contribution in [0.4, 0.5) is 0 Å². The topological polar surface area (TPSA) is 25.8 Å². The summed E-state index contributed by atoms with van der Waals surface area (Å²) >= 11 is 21.7. The first-order valence-electron chi connectivity index (χ1n) is 6.51. The Morgan fingerprint density at radius 2 is 1.86 bits per heavy atom. The lowest BCUT2D eigenvalue weighted by atomic mass is 10.1. The molecule has 0 aliphatic heterocycles. The van der Waals surface area contributed by atoms with Crippen molar-refractivity contribution in [3.8, 4) is 0 Å². The Balaban J connectivity index is 2.33. The minimum Gasteiger partial charge on any atom is -0.236 e. The highest BCUT2D eigenvalue weighted by atomic mass is 79.9. The predicted octanol–water partition coefficient (Wildman–Crippen LogP) is 5.99. The largest absolute Gasteiger partial charge is 0.236 e. The van der Waals surface area contributed by atoms with Crippen molar-refractivity contribution < 1.29 is 0 Å². The van der Waals surface area contributed by atoms with E-state index in [9.17, 15) is 0 Å². The summed E-state index contributed by atoms with van der Waals surface area (Å²) in [6.07, 6.45) is 1.36. The number of rotatable bonds is 4. The van der Waals surface area contributed by atoms with Crippen molar-refractivity contribution in [2.24, 2.45) is 5.92 Å². The van der Waals surface area contributed by atoms with Crippen LogP contribution < -0.4 is 0 Å². The number of nitrogens with zero attached hydrogens (tertiary/aromatic N) is 2. The molecule has 0 unspecified atom stereocenters. The fraction of sp³-hybridized carbons (Fsp3) is 0.333. The zero-order chi connectivity index (χ0) is 15.6. The molecule has 112 valence electrons. The number of benzene rings is 1. The third kappa shape index (κ3) is 4.56. The van der Waals surface area contributed by atoms with Gasteiger partial charge in [0.2, 0.25) is 0 Å². The molecule has 0 fully saturated rings. The van der Waals surface area contributed by atoms with Crippen molar-refractivity contribution in [3.05, 3.63) is 55.0 Å². The number of halogens is 4. The van der Waals surface area contributed by atoms with E-state index in [1.54, 1.807) is 12.1 Å². The highest BCUT2D eigenvalue weighted by molar-refractivity contribution is 9.10. The molecular weight excluding hydrogens is 394 g/mol. The molecule has 0 spiro atoms. The molecular formula is C15H14BrCl3N2. The molecule has 0 saturated heterocycles. The lowest BCUT2D eigenvalue weighted by Gasteiger charge is -2.11. The van der Waals surface area contributed by atoms with Crippen LogP contribution in [0.15, 0.2) is 22.7 Å². The second-order valence-electron chi connectivity index (χ2n) is 5.20. The van der Waals surface area contributed by atoms with Crippen LogP contribution in [0, 0.1) is 5.92 Å². The van der Waals surface area contributed by atoms with E-state index in [2.05, 4.69) is 39.7 Å². The van der Waals surface area contributed by atoms with Crippen LogP contribution in [0.5, 0.6) is 0 Å². The first-order valence-corrected chi connectivity index (χ1v) is 8.44. The molecule has 2 nitrogen and oxygen atoms in total. The second kappa shape index (κ2) is 7.28. The van der Waals surface area contributed by atoms with Crippen LogP contribution in [-0.2, 0) is 12.8 Å². The average molecular weight is 409 g/mol. The van der Waals surface area contributed by atoms with Gasteiger partial charge in [0.1, 0.15) is 11.0 Å². The number of hydrogen-bond acceptors (Lipinski definition) is 2. The van der Waals surface area contributed by atoms with Crippen LogP contribution in [0.2, 0.25) is 15.2 Å². The summed E-state index contributed by atoms with van der Waals surface area (Å²) in [7, 11) is 0. The minimum atomic E-state index is 0.431. The first kappa shape index (κ1) is 17.0. The standard InChI is InChI=1S/C15H14BrCl3N2/c1-8(2)5-12-14(16)15(19)21-13(20-12)6-9-3-4-10(17)7-11(9)18/h3-4,7-8H,5-6H2,1-2H3. The molecule has 0 aliphatic rings. The van der Waals surface area contributed by atoms with Gasteiger partial charge >= 0.3 is 0 Å². The maximum Gasteiger partial charge on any atom is 0.147 e. The predicted molar refractivity (Wildman–Crippen MR) is 92.6 cm³/mol. The van der Waals surface area contributed by atoms with Crippen LogP contribution in [0.3, 0.4) is 0 Å². The molecule has 0 amide bonds. The van der Waals surface area contributed by atoms with Crippen molar-refractivity contribution in [1.82, 2.24) is 9.97 Å². The molecule has 2 aromatic rings. The van der Waals surface area contributed by atoms with Crippen LogP contribution in [0.1, 0.15) is 30.9 Å². The van der Waals surface area contributed by atoms with Gasteiger partial charge in [0, 0.05) is 16.5 Å². The molecule has 0 bridgehead atoms. The Hall–Kier alpha value is -0.350. The Morgan fingerprint density at radius 3 is 2.48 bits per heavy atom. The molecule has 0 atom stereocenters. The molecule has 1 aromatic carbocycles. The van der Waals surface area contributed by atoms with Crippen LogP contribution in [-0.4, -0.2) is 9.97 Å². The molecule has 0 N–H and O–H groups in total. The lowest BCUT2D eigenvalue weighted by Crippen LogP contribution is -2.06. The monoisotopic (exact) mass is 406 g/mol. The average Bonchev–Trinajstić information content (AvgIpc) is 2.38. The van der Waals surface area contributed by atoms with Gasteiger partial charge in [-0.05, 0) is 46.0 Å². The Kier molecular flexibility index (Phi) is 5.89. The fourth-order valence-corrected chi connectivity index (χ4v) is 2.97. The summed E-state index contributed by atoms with van der Waals surface area (Å²) in [5.74, 6) is 1.14. The van der Waals surface area contributed by atoms with Gasteiger partial charge in [0.05, 0.1) is 10.2 Å². The zero-order valence-electron chi connectivity index (χ0n) is 11.6. The Morgan fingerprint density at radius 1 is 1.14 bits per heavy atom. The highest BCUT2D eigenvalue weighted by Crippen LogP contribution is 2.27. The SMILES string of the molecule is CC(C)Cc1nc(Cc2ccc(Cl)cc2Cl)nc(Cl)c1Br. The molecule has 21 heavy (non-hydrogen) atoms. The molecule has 6 heteroatoms. The summed E-state index contributed by atoms with van der Waals surface area (Å²) < 4.78 is 0.767. The second-order valence-corrected chi connectivity index (χ2v) is 7.20. The van der Waals surface area contributed by atoms with E-state index >= 15 is 0 Å². The molecule has 0 aliphatic carbocycles. The summed E-state index contributed by atoms with van der Waals surface area (Å²) in [6, 6.07) is 5.40. The van der Waals surface area contributed by atoms with Gasteiger partial charge in [-0.25, -0.2) is 9.97 Å². The van der Waals surface area contributed by atoms with Crippen molar-refractivity contribution in [1.29, 1.82) is 0 Å². The zero-order valence-corrected chi connectivity index (χ0v) is 15.5. The Labute approximate surface area is 148 Å². The highest BCUT2D eigenvalue weighted by Gasteiger charge is 2.13. The van der Waals surface area contributed by atoms with E-state index in [-0.39, 0.29) is 0 Å². The van der Waals surface area contributed by atoms with Crippen LogP contribution in [0.25, 0.3) is 0 Å². The number of hydrogen-bond donors (Lipinski definition) is 0. The summed E-state index contributed by atoms with van der Waals surface area (Å²) in [5.41, 5.74) is 1.85. The summed E-state index contributed by atoms with van der Waals surface area (Å²) in [6.45, 7) is 4.27. The van der Waals surface area contributed by atoms with E-state index in [1.807, 2.05) is 6.07 Å². The van der Waals surface area contributed by atoms with Gasteiger partial charge in [-0.3, -0.25) is 0 Å². The lowest BCUT2D eigenvalue weighted by molar-refractivity contribution is 0.628. The normalized spacial score (nSPS) is 11.2. The third-order valence-corrected chi connectivity index (χ3v) is 4.81. The van der Waals surface area contributed by atoms with Gasteiger partial charge in [-0.2, -0.15) is 0 Å². The van der Waals surface area contributed by atoms with E-state index < -0.39 is 0 Å². The maximum atomic E-state index is 6.19. The maximum absolute atomic E-state index is 6.19. The van der Waals surface area contributed by atoms with Gasteiger partial charge in [0.15, 0.2) is 0 Å². The van der Waals surface area contributed by atoms with E-state index in [0.29, 0.717) is 33.4 Å². The molecule has 0 radical (unpaired) electrons.